The summed E-state index contributed by atoms with van der Waals surface area (Å²) in [6.07, 6.45) is 1.88. The molecule has 1 atom stereocenters. The van der Waals surface area contributed by atoms with E-state index in [9.17, 15) is 9.18 Å². The standard InChI is InChI=1S/C25H30FNO5/c1-25(15-30-16-25)17-32-23-11-18(8-9-22(23)29-2)13-27(14-21-7-4-10-31-21)24(28)19-5-3-6-20(26)12-19/h3,5-6,8-9,11-12,21H,4,7,10,13-17H2,1-2H3/t21-/m0/s1. The van der Waals surface area contributed by atoms with Crippen molar-refractivity contribution < 1.29 is 28.1 Å². The molecule has 6 nitrogen and oxygen atoms in total. The molecule has 32 heavy (non-hydrogen) atoms. The average molecular weight is 444 g/mol. The van der Waals surface area contributed by atoms with Crippen molar-refractivity contribution in [3.05, 3.63) is 59.4 Å². The minimum atomic E-state index is -0.429. The highest BCUT2D eigenvalue weighted by Crippen LogP contribution is 2.33. The predicted molar refractivity (Wildman–Crippen MR) is 118 cm³/mol. The van der Waals surface area contributed by atoms with Crippen LogP contribution in [0.15, 0.2) is 42.5 Å². The number of carbonyl (C=O) groups excluding carboxylic acids is 1. The average Bonchev–Trinajstić information content (AvgIpc) is 3.28. The van der Waals surface area contributed by atoms with Gasteiger partial charge in [-0.05, 0) is 48.7 Å². The molecule has 0 N–H and O–H groups in total. The third kappa shape index (κ3) is 5.40. The fourth-order valence-corrected chi connectivity index (χ4v) is 4.00. The molecule has 0 aromatic heterocycles. The summed E-state index contributed by atoms with van der Waals surface area (Å²) in [5.41, 5.74) is 1.23. The Bertz CT molecular complexity index is 940. The molecule has 0 aliphatic carbocycles. The van der Waals surface area contributed by atoms with Crippen LogP contribution in [0.4, 0.5) is 4.39 Å². The maximum absolute atomic E-state index is 13.7. The summed E-state index contributed by atoms with van der Waals surface area (Å²) in [6, 6.07) is 11.5. The van der Waals surface area contributed by atoms with Gasteiger partial charge in [0.15, 0.2) is 11.5 Å². The number of benzene rings is 2. The number of hydrogen-bond acceptors (Lipinski definition) is 5. The molecule has 0 bridgehead atoms. The summed E-state index contributed by atoms with van der Waals surface area (Å²) in [6.45, 7) is 5.50. The molecule has 0 spiro atoms. The molecule has 0 unspecified atom stereocenters. The molecule has 0 saturated carbocycles. The molecule has 1 amide bonds. The van der Waals surface area contributed by atoms with Crippen LogP contribution in [0.5, 0.6) is 11.5 Å². The van der Waals surface area contributed by atoms with Gasteiger partial charge in [0.05, 0.1) is 33.0 Å². The highest BCUT2D eigenvalue weighted by atomic mass is 19.1. The van der Waals surface area contributed by atoms with Crippen LogP contribution in [-0.2, 0) is 16.0 Å². The summed E-state index contributed by atoms with van der Waals surface area (Å²) in [7, 11) is 1.60. The maximum Gasteiger partial charge on any atom is 0.254 e. The first kappa shape index (κ1) is 22.6. The van der Waals surface area contributed by atoms with Gasteiger partial charge in [-0.15, -0.1) is 0 Å². The van der Waals surface area contributed by atoms with E-state index in [1.54, 1.807) is 24.1 Å². The fraction of sp³-hybridized carbons (Fsp3) is 0.480. The molecule has 0 radical (unpaired) electrons. The van der Waals surface area contributed by atoms with E-state index in [1.165, 1.54) is 12.1 Å². The molecule has 2 aromatic rings. The number of amides is 1. The Hall–Kier alpha value is -2.64. The second-order valence-electron chi connectivity index (χ2n) is 8.91. The first-order chi connectivity index (χ1) is 15.5. The van der Waals surface area contributed by atoms with Crippen LogP contribution < -0.4 is 9.47 Å². The van der Waals surface area contributed by atoms with Crippen molar-refractivity contribution >= 4 is 5.91 Å². The lowest BCUT2D eigenvalue weighted by molar-refractivity contribution is -0.120. The Morgan fingerprint density at radius 3 is 2.72 bits per heavy atom. The van der Waals surface area contributed by atoms with Crippen molar-refractivity contribution in [1.82, 2.24) is 4.90 Å². The molecule has 2 saturated heterocycles. The smallest absolute Gasteiger partial charge is 0.254 e. The largest absolute Gasteiger partial charge is 0.493 e. The van der Waals surface area contributed by atoms with Gasteiger partial charge in [-0.3, -0.25) is 4.79 Å². The molecule has 7 heteroatoms. The Balaban J connectivity index is 1.53. The van der Waals surface area contributed by atoms with E-state index in [0.717, 1.165) is 18.4 Å². The van der Waals surface area contributed by atoms with Gasteiger partial charge in [0.1, 0.15) is 5.82 Å². The minimum absolute atomic E-state index is 0.000210. The van der Waals surface area contributed by atoms with Crippen LogP contribution in [0.3, 0.4) is 0 Å². The molecule has 2 fully saturated rings. The summed E-state index contributed by atoms with van der Waals surface area (Å²) in [5, 5.41) is 0. The van der Waals surface area contributed by atoms with Crippen LogP contribution >= 0.6 is 0 Å². The zero-order valence-electron chi connectivity index (χ0n) is 18.6. The first-order valence-corrected chi connectivity index (χ1v) is 11.0. The normalized spacial score (nSPS) is 19.3. The van der Waals surface area contributed by atoms with Gasteiger partial charge in [0, 0.05) is 30.7 Å². The van der Waals surface area contributed by atoms with E-state index in [4.69, 9.17) is 18.9 Å². The van der Waals surface area contributed by atoms with E-state index >= 15 is 0 Å². The van der Waals surface area contributed by atoms with Crippen LogP contribution in [-0.4, -0.2) is 57.0 Å². The van der Waals surface area contributed by atoms with E-state index in [-0.39, 0.29) is 17.4 Å². The number of ether oxygens (including phenoxy) is 4. The van der Waals surface area contributed by atoms with Gasteiger partial charge < -0.3 is 23.8 Å². The third-order valence-electron chi connectivity index (χ3n) is 5.89. The van der Waals surface area contributed by atoms with Crippen LogP contribution in [0.1, 0.15) is 35.7 Å². The lowest BCUT2D eigenvalue weighted by Gasteiger charge is -2.37. The topological polar surface area (TPSA) is 57.2 Å². The van der Waals surface area contributed by atoms with E-state index < -0.39 is 5.82 Å². The number of halogens is 1. The summed E-state index contributed by atoms with van der Waals surface area (Å²) in [5.74, 6) is 0.618. The summed E-state index contributed by atoms with van der Waals surface area (Å²) >= 11 is 0. The van der Waals surface area contributed by atoms with E-state index in [0.29, 0.717) is 56.6 Å². The summed E-state index contributed by atoms with van der Waals surface area (Å²) < 4.78 is 36.3. The van der Waals surface area contributed by atoms with Crippen molar-refractivity contribution in [1.29, 1.82) is 0 Å². The second-order valence-corrected chi connectivity index (χ2v) is 8.91. The van der Waals surface area contributed by atoms with Crippen molar-refractivity contribution in [2.45, 2.75) is 32.4 Å². The van der Waals surface area contributed by atoms with E-state index in [2.05, 4.69) is 6.92 Å². The Labute approximate surface area is 188 Å². The third-order valence-corrected chi connectivity index (χ3v) is 5.89. The highest BCUT2D eigenvalue weighted by Gasteiger charge is 2.34. The van der Waals surface area contributed by atoms with Gasteiger partial charge >= 0.3 is 0 Å². The Morgan fingerprint density at radius 1 is 1.22 bits per heavy atom. The van der Waals surface area contributed by atoms with Gasteiger partial charge in [-0.2, -0.15) is 0 Å². The molecule has 2 aliphatic rings. The van der Waals surface area contributed by atoms with E-state index in [1.807, 2.05) is 18.2 Å². The quantitative estimate of drug-likeness (QED) is 0.585. The molecular weight excluding hydrogens is 413 g/mol. The van der Waals surface area contributed by atoms with Gasteiger partial charge in [-0.25, -0.2) is 4.39 Å². The highest BCUT2D eigenvalue weighted by molar-refractivity contribution is 5.94. The number of methoxy groups -OCH3 is 1. The van der Waals surface area contributed by atoms with Crippen LogP contribution in [0.25, 0.3) is 0 Å². The summed E-state index contributed by atoms with van der Waals surface area (Å²) in [4.78, 5) is 15.0. The van der Waals surface area contributed by atoms with Crippen LogP contribution in [0, 0.1) is 11.2 Å². The lowest BCUT2D eigenvalue weighted by atomic mass is 9.90. The van der Waals surface area contributed by atoms with Crippen molar-refractivity contribution in [3.8, 4) is 11.5 Å². The fourth-order valence-electron chi connectivity index (χ4n) is 4.00. The molecule has 2 aromatic carbocycles. The lowest BCUT2D eigenvalue weighted by Crippen LogP contribution is -2.44. The maximum atomic E-state index is 13.7. The van der Waals surface area contributed by atoms with Gasteiger partial charge in [-0.1, -0.05) is 19.1 Å². The van der Waals surface area contributed by atoms with Crippen molar-refractivity contribution in [2.75, 3.05) is 40.1 Å². The molecule has 172 valence electrons. The monoisotopic (exact) mass is 443 g/mol. The number of hydrogen-bond donors (Lipinski definition) is 0. The predicted octanol–water partition coefficient (Wildman–Crippen LogP) is 4.07. The SMILES string of the molecule is COc1ccc(CN(C[C@@H]2CCCO2)C(=O)c2cccc(F)c2)cc1OCC1(C)COC1. The molecule has 2 heterocycles. The number of nitrogens with zero attached hydrogens (tertiary/aromatic N) is 1. The zero-order chi connectivity index (χ0) is 22.6. The molecule has 2 aliphatic heterocycles. The zero-order valence-corrected chi connectivity index (χ0v) is 18.6. The Kier molecular flexibility index (Phi) is 6.96. The first-order valence-electron chi connectivity index (χ1n) is 11.0. The Morgan fingerprint density at radius 2 is 2.06 bits per heavy atom. The molecule has 4 rings (SSSR count). The number of rotatable bonds is 9. The van der Waals surface area contributed by atoms with Gasteiger partial charge in [0.25, 0.3) is 5.91 Å². The second kappa shape index (κ2) is 9.88. The van der Waals surface area contributed by atoms with Crippen molar-refractivity contribution in [3.63, 3.8) is 0 Å². The van der Waals surface area contributed by atoms with Crippen molar-refractivity contribution in [2.24, 2.45) is 5.41 Å². The van der Waals surface area contributed by atoms with Crippen LogP contribution in [0.2, 0.25) is 0 Å². The number of carbonyl (C=O) groups is 1. The molecular formula is C25H30FNO5. The minimum Gasteiger partial charge on any atom is -0.493 e. The van der Waals surface area contributed by atoms with Gasteiger partial charge in [0.2, 0.25) is 0 Å².